The molecule has 4 unspecified atom stereocenters. The zero-order valence-corrected chi connectivity index (χ0v) is 13.4. The van der Waals surface area contributed by atoms with Gasteiger partial charge in [0.05, 0.1) is 25.4 Å². The molecular formula is C16H33NO3. The molecule has 4 nitrogen and oxygen atoms in total. The fourth-order valence-electron chi connectivity index (χ4n) is 2.98. The van der Waals surface area contributed by atoms with Gasteiger partial charge in [-0.25, -0.2) is 0 Å². The van der Waals surface area contributed by atoms with Gasteiger partial charge in [-0.15, -0.1) is 0 Å². The van der Waals surface area contributed by atoms with E-state index in [1.807, 2.05) is 0 Å². The second-order valence-electron chi connectivity index (χ2n) is 5.95. The Kier molecular flexibility index (Phi) is 9.44. The molecule has 0 aromatic rings. The first kappa shape index (κ1) is 17.9. The van der Waals surface area contributed by atoms with Gasteiger partial charge in [-0.2, -0.15) is 0 Å². The van der Waals surface area contributed by atoms with E-state index >= 15 is 0 Å². The van der Waals surface area contributed by atoms with E-state index < -0.39 is 6.10 Å². The van der Waals surface area contributed by atoms with Crippen LogP contribution in [0.1, 0.15) is 52.4 Å². The first-order valence-corrected chi connectivity index (χ1v) is 8.23. The van der Waals surface area contributed by atoms with E-state index in [4.69, 9.17) is 9.47 Å². The second kappa shape index (κ2) is 10.6. The maximum atomic E-state index is 10.0. The predicted molar refractivity (Wildman–Crippen MR) is 82.0 cm³/mol. The molecule has 1 aliphatic rings. The molecule has 0 saturated heterocycles. The molecule has 0 bridgehead atoms. The average Bonchev–Trinajstić information content (AvgIpc) is 2.49. The van der Waals surface area contributed by atoms with Crippen LogP contribution in [0.2, 0.25) is 0 Å². The van der Waals surface area contributed by atoms with E-state index in [1.54, 1.807) is 7.11 Å². The number of aliphatic hydroxyl groups excluding tert-OH is 1. The molecule has 20 heavy (non-hydrogen) atoms. The average molecular weight is 287 g/mol. The number of rotatable bonds is 10. The number of methoxy groups -OCH3 is 1. The summed E-state index contributed by atoms with van der Waals surface area (Å²) in [4.78, 5) is 0. The Balaban J connectivity index is 2.19. The van der Waals surface area contributed by atoms with Crippen molar-refractivity contribution in [3.05, 3.63) is 0 Å². The van der Waals surface area contributed by atoms with Gasteiger partial charge in [0.1, 0.15) is 0 Å². The van der Waals surface area contributed by atoms with Crippen LogP contribution in [-0.2, 0) is 9.47 Å². The second-order valence-corrected chi connectivity index (χ2v) is 5.95. The van der Waals surface area contributed by atoms with Gasteiger partial charge in [0, 0.05) is 19.7 Å². The highest BCUT2D eigenvalue weighted by Gasteiger charge is 2.24. The normalized spacial score (nSPS) is 26.4. The van der Waals surface area contributed by atoms with E-state index in [9.17, 15) is 5.11 Å². The van der Waals surface area contributed by atoms with Gasteiger partial charge in [0.25, 0.3) is 0 Å². The predicted octanol–water partition coefficient (Wildman–Crippen LogP) is 2.35. The number of hydrogen-bond donors (Lipinski definition) is 2. The summed E-state index contributed by atoms with van der Waals surface area (Å²) in [5, 5.41) is 13.4. The summed E-state index contributed by atoms with van der Waals surface area (Å²) in [5.41, 5.74) is 0. The lowest BCUT2D eigenvalue weighted by molar-refractivity contribution is -0.0507. The van der Waals surface area contributed by atoms with Gasteiger partial charge in [-0.1, -0.05) is 33.1 Å². The van der Waals surface area contributed by atoms with Gasteiger partial charge in [0.2, 0.25) is 0 Å². The molecule has 0 spiro atoms. The molecule has 2 N–H and O–H groups in total. The van der Waals surface area contributed by atoms with Crippen LogP contribution in [0.3, 0.4) is 0 Å². The van der Waals surface area contributed by atoms with Crippen molar-refractivity contribution in [1.82, 2.24) is 5.32 Å². The minimum Gasteiger partial charge on any atom is -0.389 e. The van der Waals surface area contributed by atoms with E-state index in [2.05, 4.69) is 19.2 Å². The SMILES string of the molecule is CCC(COC)NCC(O)COC1CCCCC1CC. The molecule has 1 aliphatic carbocycles. The lowest BCUT2D eigenvalue weighted by Crippen LogP contribution is -2.40. The molecular weight excluding hydrogens is 254 g/mol. The van der Waals surface area contributed by atoms with Crippen molar-refractivity contribution in [3.8, 4) is 0 Å². The Morgan fingerprint density at radius 3 is 2.60 bits per heavy atom. The Hall–Kier alpha value is -0.160. The Morgan fingerprint density at radius 1 is 1.20 bits per heavy atom. The smallest absolute Gasteiger partial charge is 0.0897 e. The van der Waals surface area contributed by atoms with Crippen LogP contribution >= 0.6 is 0 Å². The molecule has 4 atom stereocenters. The van der Waals surface area contributed by atoms with Crippen molar-refractivity contribution < 1.29 is 14.6 Å². The quantitative estimate of drug-likeness (QED) is 0.647. The van der Waals surface area contributed by atoms with Crippen LogP contribution in [-0.4, -0.2) is 50.2 Å². The fraction of sp³-hybridized carbons (Fsp3) is 1.00. The minimum atomic E-state index is -0.430. The minimum absolute atomic E-state index is 0.313. The highest BCUT2D eigenvalue weighted by Crippen LogP contribution is 2.29. The lowest BCUT2D eigenvalue weighted by Gasteiger charge is -2.31. The maximum absolute atomic E-state index is 10.0. The molecule has 0 radical (unpaired) electrons. The van der Waals surface area contributed by atoms with Gasteiger partial charge in [0.15, 0.2) is 0 Å². The monoisotopic (exact) mass is 287 g/mol. The van der Waals surface area contributed by atoms with E-state index in [0.29, 0.717) is 37.8 Å². The summed E-state index contributed by atoms with van der Waals surface area (Å²) in [6, 6.07) is 0.313. The third kappa shape index (κ3) is 6.53. The third-order valence-electron chi connectivity index (χ3n) is 4.37. The van der Waals surface area contributed by atoms with Crippen LogP contribution in [0.5, 0.6) is 0 Å². The van der Waals surface area contributed by atoms with Gasteiger partial charge in [-0.05, 0) is 25.2 Å². The number of aliphatic hydroxyl groups is 1. The number of hydrogen-bond acceptors (Lipinski definition) is 4. The van der Waals surface area contributed by atoms with Crippen molar-refractivity contribution in [1.29, 1.82) is 0 Å². The first-order chi connectivity index (χ1) is 9.71. The third-order valence-corrected chi connectivity index (χ3v) is 4.37. The van der Waals surface area contributed by atoms with Gasteiger partial charge < -0.3 is 19.9 Å². The van der Waals surface area contributed by atoms with Crippen LogP contribution in [0.25, 0.3) is 0 Å². The molecule has 1 fully saturated rings. The lowest BCUT2D eigenvalue weighted by atomic mass is 9.85. The molecule has 0 heterocycles. The summed E-state index contributed by atoms with van der Waals surface area (Å²) >= 11 is 0. The summed E-state index contributed by atoms with van der Waals surface area (Å²) in [5.74, 6) is 0.681. The maximum Gasteiger partial charge on any atom is 0.0897 e. The zero-order valence-electron chi connectivity index (χ0n) is 13.4. The first-order valence-electron chi connectivity index (χ1n) is 8.23. The molecule has 4 heteroatoms. The van der Waals surface area contributed by atoms with Gasteiger partial charge >= 0.3 is 0 Å². The largest absolute Gasteiger partial charge is 0.389 e. The van der Waals surface area contributed by atoms with E-state index in [0.717, 1.165) is 12.8 Å². The topological polar surface area (TPSA) is 50.7 Å². The fourth-order valence-corrected chi connectivity index (χ4v) is 2.98. The molecule has 0 aliphatic heterocycles. The van der Waals surface area contributed by atoms with Crippen LogP contribution in [0, 0.1) is 5.92 Å². The van der Waals surface area contributed by atoms with E-state index in [1.165, 1.54) is 25.7 Å². The Labute approximate surface area is 124 Å². The highest BCUT2D eigenvalue weighted by atomic mass is 16.5. The van der Waals surface area contributed by atoms with Gasteiger partial charge in [-0.3, -0.25) is 0 Å². The van der Waals surface area contributed by atoms with Crippen LogP contribution in [0.4, 0.5) is 0 Å². The summed E-state index contributed by atoms with van der Waals surface area (Å²) in [6.45, 7) is 6.06. The zero-order chi connectivity index (χ0) is 14.8. The molecule has 0 aromatic heterocycles. The summed E-state index contributed by atoms with van der Waals surface area (Å²) in [7, 11) is 1.71. The summed E-state index contributed by atoms with van der Waals surface area (Å²) < 4.78 is 11.1. The molecule has 120 valence electrons. The van der Waals surface area contributed by atoms with E-state index in [-0.39, 0.29) is 0 Å². The van der Waals surface area contributed by atoms with Crippen LogP contribution in [0.15, 0.2) is 0 Å². The Bertz CT molecular complexity index is 238. The van der Waals surface area contributed by atoms with Crippen molar-refractivity contribution in [2.24, 2.45) is 5.92 Å². The van der Waals surface area contributed by atoms with Crippen molar-refractivity contribution in [3.63, 3.8) is 0 Å². The number of nitrogens with one attached hydrogen (secondary N) is 1. The standard InChI is InChI=1S/C16H33NO3/c1-4-13-8-6-7-9-16(13)20-12-15(18)10-17-14(5-2)11-19-3/h13-18H,4-12H2,1-3H3. The van der Waals surface area contributed by atoms with Crippen LogP contribution < -0.4 is 5.32 Å². The molecule has 0 amide bonds. The summed E-state index contributed by atoms with van der Waals surface area (Å²) in [6.07, 6.45) is 7.14. The van der Waals surface area contributed by atoms with Crippen molar-refractivity contribution in [2.75, 3.05) is 26.9 Å². The Morgan fingerprint density at radius 2 is 1.95 bits per heavy atom. The highest BCUT2D eigenvalue weighted by molar-refractivity contribution is 4.76. The van der Waals surface area contributed by atoms with Crippen molar-refractivity contribution >= 4 is 0 Å². The van der Waals surface area contributed by atoms with Crippen molar-refractivity contribution in [2.45, 2.75) is 70.6 Å². The number of ether oxygens (including phenoxy) is 2. The molecule has 1 rings (SSSR count). The molecule has 0 aromatic carbocycles. The molecule has 1 saturated carbocycles.